The minimum Gasteiger partial charge on any atom is -0.482 e. The highest BCUT2D eigenvalue weighted by Crippen LogP contribution is 2.25. The van der Waals surface area contributed by atoms with Crippen LogP contribution in [0.2, 0.25) is 15.1 Å². The van der Waals surface area contributed by atoms with Crippen LogP contribution in [0.3, 0.4) is 0 Å². The number of nitrogens with zero attached hydrogens (tertiary/aromatic N) is 1. The Morgan fingerprint density at radius 2 is 1.74 bits per heavy atom. The molecule has 0 radical (unpaired) electrons. The lowest BCUT2D eigenvalue weighted by molar-refractivity contribution is -0.143. The Labute approximate surface area is 198 Å². The van der Waals surface area contributed by atoms with Gasteiger partial charge in [0.25, 0.3) is 5.91 Å². The molecule has 2 aromatic carbocycles. The maximum atomic E-state index is 13.2. The van der Waals surface area contributed by atoms with Crippen molar-refractivity contribution in [3.63, 3.8) is 0 Å². The van der Waals surface area contributed by atoms with E-state index in [0.29, 0.717) is 32.8 Å². The molecule has 2 rings (SSSR count). The quantitative estimate of drug-likeness (QED) is 0.466. The Balaban J connectivity index is 2.27. The van der Waals surface area contributed by atoms with Gasteiger partial charge in [0.15, 0.2) is 6.61 Å². The molecule has 0 unspecified atom stereocenters. The first-order valence-corrected chi connectivity index (χ1v) is 11.3. The van der Waals surface area contributed by atoms with Crippen molar-refractivity contribution in [1.82, 2.24) is 10.2 Å². The SMILES string of the molecule is CC[C@H](C)NC(=O)[C@H](CC)N(Cc1ccc(Cl)cc1Cl)C(=O)COc1ccccc1Cl. The Morgan fingerprint density at radius 1 is 1.03 bits per heavy atom. The molecule has 0 saturated heterocycles. The second kappa shape index (κ2) is 12.2. The third-order valence-corrected chi connectivity index (χ3v) is 5.83. The van der Waals surface area contributed by atoms with Crippen LogP contribution in [0.4, 0.5) is 0 Å². The molecule has 0 spiro atoms. The van der Waals surface area contributed by atoms with Crippen LogP contribution in [0.5, 0.6) is 5.75 Å². The van der Waals surface area contributed by atoms with E-state index in [0.717, 1.165) is 6.42 Å². The molecule has 0 aromatic heterocycles. The van der Waals surface area contributed by atoms with Gasteiger partial charge < -0.3 is 15.0 Å². The third-order valence-electron chi connectivity index (χ3n) is 4.93. The lowest BCUT2D eigenvalue weighted by Gasteiger charge is -2.31. The summed E-state index contributed by atoms with van der Waals surface area (Å²) in [7, 11) is 0. The van der Waals surface area contributed by atoms with Crippen LogP contribution in [0.1, 0.15) is 39.2 Å². The van der Waals surface area contributed by atoms with Crippen LogP contribution < -0.4 is 10.1 Å². The summed E-state index contributed by atoms with van der Waals surface area (Å²) in [6.07, 6.45) is 1.22. The molecule has 0 aliphatic carbocycles. The fraction of sp³-hybridized carbons (Fsp3) is 0.391. The average Bonchev–Trinajstić information content (AvgIpc) is 2.74. The predicted octanol–water partition coefficient (Wildman–Crippen LogP) is 5.75. The van der Waals surface area contributed by atoms with E-state index in [2.05, 4.69) is 5.32 Å². The number of hydrogen-bond acceptors (Lipinski definition) is 3. The van der Waals surface area contributed by atoms with E-state index in [1.54, 1.807) is 42.5 Å². The highest BCUT2D eigenvalue weighted by molar-refractivity contribution is 6.35. The van der Waals surface area contributed by atoms with E-state index in [4.69, 9.17) is 39.5 Å². The first-order valence-electron chi connectivity index (χ1n) is 10.2. The Bertz CT molecular complexity index is 907. The van der Waals surface area contributed by atoms with Gasteiger partial charge in [-0.2, -0.15) is 0 Å². The van der Waals surface area contributed by atoms with E-state index >= 15 is 0 Å². The molecule has 0 heterocycles. The molecule has 0 aliphatic rings. The number of ether oxygens (including phenoxy) is 1. The topological polar surface area (TPSA) is 58.6 Å². The van der Waals surface area contributed by atoms with E-state index in [-0.39, 0.29) is 31.0 Å². The van der Waals surface area contributed by atoms with Gasteiger partial charge in [-0.15, -0.1) is 0 Å². The van der Waals surface area contributed by atoms with Crippen LogP contribution in [-0.4, -0.2) is 35.4 Å². The lowest BCUT2D eigenvalue weighted by atomic mass is 10.1. The fourth-order valence-electron chi connectivity index (χ4n) is 2.98. The summed E-state index contributed by atoms with van der Waals surface area (Å²) in [6, 6.07) is 11.3. The molecule has 0 aliphatic heterocycles. The molecule has 5 nitrogen and oxygen atoms in total. The van der Waals surface area contributed by atoms with Gasteiger partial charge in [0.1, 0.15) is 11.8 Å². The van der Waals surface area contributed by atoms with Gasteiger partial charge in [-0.05, 0) is 49.6 Å². The van der Waals surface area contributed by atoms with Gasteiger partial charge in [-0.3, -0.25) is 9.59 Å². The van der Waals surface area contributed by atoms with Gasteiger partial charge in [-0.25, -0.2) is 0 Å². The molecular formula is C23H27Cl3N2O3. The van der Waals surface area contributed by atoms with Crippen molar-refractivity contribution in [3.8, 4) is 5.75 Å². The number of nitrogens with one attached hydrogen (secondary N) is 1. The Kier molecular flexibility index (Phi) is 9.94. The number of benzene rings is 2. The molecule has 0 bridgehead atoms. The third kappa shape index (κ3) is 7.30. The molecule has 2 atom stereocenters. The van der Waals surface area contributed by atoms with E-state index in [9.17, 15) is 9.59 Å². The zero-order valence-corrected chi connectivity index (χ0v) is 20.1. The first-order chi connectivity index (χ1) is 14.8. The summed E-state index contributed by atoms with van der Waals surface area (Å²) in [4.78, 5) is 27.6. The zero-order valence-electron chi connectivity index (χ0n) is 17.8. The van der Waals surface area contributed by atoms with Crippen LogP contribution in [0, 0.1) is 0 Å². The zero-order chi connectivity index (χ0) is 23.0. The lowest BCUT2D eigenvalue weighted by Crippen LogP contribution is -2.51. The molecule has 1 N–H and O–H groups in total. The molecule has 31 heavy (non-hydrogen) atoms. The number of hydrogen-bond donors (Lipinski definition) is 1. The Morgan fingerprint density at radius 3 is 2.35 bits per heavy atom. The molecule has 2 aromatic rings. The van der Waals surface area contributed by atoms with Crippen molar-refractivity contribution >= 4 is 46.6 Å². The van der Waals surface area contributed by atoms with Crippen molar-refractivity contribution in [1.29, 1.82) is 0 Å². The van der Waals surface area contributed by atoms with E-state index in [1.165, 1.54) is 4.90 Å². The van der Waals surface area contributed by atoms with Crippen molar-refractivity contribution in [2.75, 3.05) is 6.61 Å². The van der Waals surface area contributed by atoms with Crippen molar-refractivity contribution in [2.45, 2.75) is 52.2 Å². The number of halogens is 3. The van der Waals surface area contributed by atoms with Gasteiger partial charge in [0, 0.05) is 22.6 Å². The molecule has 168 valence electrons. The van der Waals surface area contributed by atoms with Gasteiger partial charge in [0.05, 0.1) is 5.02 Å². The minimum absolute atomic E-state index is 0.00278. The predicted molar refractivity (Wildman–Crippen MR) is 126 cm³/mol. The summed E-state index contributed by atoms with van der Waals surface area (Å²) in [5.41, 5.74) is 0.687. The van der Waals surface area contributed by atoms with Crippen LogP contribution >= 0.6 is 34.8 Å². The van der Waals surface area contributed by atoms with Gasteiger partial charge in [-0.1, -0.05) is 66.8 Å². The first kappa shape index (κ1) is 25.3. The summed E-state index contributed by atoms with van der Waals surface area (Å²) < 4.78 is 5.63. The average molecular weight is 486 g/mol. The standard InChI is InChI=1S/C23H27Cl3N2O3/c1-4-15(3)27-23(30)20(5-2)28(13-16-10-11-17(24)12-19(16)26)22(29)14-31-21-9-7-6-8-18(21)25/h6-12,15,20H,4-5,13-14H2,1-3H3,(H,27,30)/t15-,20-/m0/s1. The van der Waals surface area contributed by atoms with Crippen molar-refractivity contribution < 1.29 is 14.3 Å². The van der Waals surface area contributed by atoms with Crippen molar-refractivity contribution in [3.05, 3.63) is 63.1 Å². The van der Waals surface area contributed by atoms with Crippen LogP contribution in [-0.2, 0) is 16.1 Å². The molecule has 8 heteroatoms. The molecule has 0 saturated carbocycles. The van der Waals surface area contributed by atoms with E-state index < -0.39 is 6.04 Å². The smallest absolute Gasteiger partial charge is 0.261 e. The molecular weight excluding hydrogens is 459 g/mol. The maximum Gasteiger partial charge on any atom is 0.261 e. The normalized spacial score (nSPS) is 12.7. The highest BCUT2D eigenvalue weighted by Gasteiger charge is 2.30. The van der Waals surface area contributed by atoms with E-state index in [1.807, 2.05) is 20.8 Å². The Hall–Kier alpha value is -1.95. The largest absolute Gasteiger partial charge is 0.482 e. The number of amides is 2. The van der Waals surface area contributed by atoms with Crippen molar-refractivity contribution in [2.24, 2.45) is 0 Å². The maximum absolute atomic E-state index is 13.2. The minimum atomic E-state index is -0.678. The number of carbonyl (C=O) groups is 2. The fourth-order valence-corrected chi connectivity index (χ4v) is 3.64. The van der Waals surface area contributed by atoms with Gasteiger partial charge >= 0.3 is 0 Å². The summed E-state index contributed by atoms with van der Waals surface area (Å²) >= 11 is 18.5. The number of para-hydroxylation sites is 1. The van der Waals surface area contributed by atoms with Crippen LogP contribution in [0.25, 0.3) is 0 Å². The number of carbonyl (C=O) groups excluding carboxylic acids is 2. The second-order valence-electron chi connectivity index (χ2n) is 7.22. The summed E-state index contributed by atoms with van der Waals surface area (Å²) in [5.74, 6) is -0.163. The van der Waals surface area contributed by atoms with Crippen LogP contribution in [0.15, 0.2) is 42.5 Å². The van der Waals surface area contributed by atoms with Gasteiger partial charge in [0.2, 0.25) is 5.91 Å². The molecule has 0 fully saturated rings. The summed E-state index contributed by atoms with van der Waals surface area (Å²) in [5, 5.41) is 4.29. The highest BCUT2D eigenvalue weighted by atomic mass is 35.5. The monoisotopic (exact) mass is 484 g/mol. The molecule has 2 amide bonds. The second-order valence-corrected chi connectivity index (χ2v) is 8.47. The summed E-state index contributed by atoms with van der Waals surface area (Å²) in [6.45, 7) is 5.65. The number of rotatable bonds is 10.